The SMILES string of the molecule is Cl.[C-]#[N+]c1ccc2c(N3CCCC(CO)C3)nnc(NCCc3ccc(C)c(Cl)c3)c2c1. The summed E-state index contributed by atoms with van der Waals surface area (Å²) >= 11 is 6.24. The molecule has 0 radical (unpaired) electrons. The van der Waals surface area contributed by atoms with Gasteiger partial charge in [0.15, 0.2) is 17.3 Å². The van der Waals surface area contributed by atoms with E-state index in [-0.39, 0.29) is 24.9 Å². The molecule has 1 aliphatic heterocycles. The molecule has 2 heterocycles. The minimum absolute atomic E-state index is 0. The van der Waals surface area contributed by atoms with Gasteiger partial charge in [0.25, 0.3) is 0 Å². The van der Waals surface area contributed by atoms with E-state index in [1.54, 1.807) is 0 Å². The fourth-order valence-electron chi connectivity index (χ4n) is 4.09. The van der Waals surface area contributed by atoms with Crippen molar-refractivity contribution in [1.29, 1.82) is 0 Å². The molecular formula is C24H27Cl2N5O. The number of rotatable bonds is 6. The van der Waals surface area contributed by atoms with E-state index in [1.807, 2.05) is 37.3 Å². The van der Waals surface area contributed by atoms with E-state index in [1.165, 1.54) is 0 Å². The zero-order chi connectivity index (χ0) is 21.8. The lowest BCUT2D eigenvalue weighted by Crippen LogP contribution is -2.37. The van der Waals surface area contributed by atoms with Crippen LogP contribution in [0.4, 0.5) is 17.3 Å². The summed E-state index contributed by atoms with van der Waals surface area (Å²) in [5, 5.41) is 24.6. The highest BCUT2D eigenvalue weighted by atomic mass is 35.5. The second-order valence-electron chi connectivity index (χ2n) is 8.11. The van der Waals surface area contributed by atoms with Crippen LogP contribution in [0.25, 0.3) is 15.6 Å². The van der Waals surface area contributed by atoms with Gasteiger partial charge < -0.3 is 15.3 Å². The van der Waals surface area contributed by atoms with E-state index in [0.717, 1.165) is 65.1 Å². The lowest BCUT2D eigenvalue weighted by Gasteiger charge is -2.33. The van der Waals surface area contributed by atoms with E-state index in [9.17, 15) is 5.11 Å². The highest BCUT2D eigenvalue weighted by molar-refractivity contribution is 6.31. The van der Waals surface area contributed by atoms with Gasteiger partial charge >= 0.3 is 0 Å². The first kappa shape index (κ1) is 24.1. The van der Waals surface area contributed by atoms with E-state index in [4.69, 9.17) is 18.2 Å². The molecule has 3 aromatic rings. The number of aliphatic hydroxyl groups is 1. The van der Waals surface area contributed by atoms with E-state index < -0.39 is 0 Å². The zero-order valence-corrected chi connectivity index (χ0v) is 19.6. The third-order valence-electron chi connectivity index (χ3n) is 5.89. The molecule has 6 nitrogen and oxygen atoms in total. The Labute approximate surface area is 199 Å². The number of piperidine rings is 1. The van der Waals surface area contributed by atoms with Crippen LogP contribution in [0.5, 0.6) is 0 Å². The van der Waals surface area contributed by atoms with Crippen LogP contribution in [0.15, 0.2) is 36.4 Å². The predicted octanol–water partition coefficient (Wildman–Crippen LogP) is 5.43. The third-order valence-corrected chi connectivity index (χ3v) is 6.30. The average molecular weight is 472 g/mol. The van der Waals surface area contributed by atoms with Gasteiger partial charge in [-0.1, -0.05) is 35.9 Å². The first-order valence-electron chi connectivity index (χ1n) is 10.6. The summed E-state index contributed by atoms with van der Waals surface area (Å²) in [5.74, 6) is 1.76. The van der Waals surface area contributed by atoms with Crippen LogP contribution in [0.1, 0.15) is 24.0 Å². The molecule has 8 heteroatoms. The van der Waals surface area contributed by atoms with Gasteiger partial charge in [0.05, 0.1) is 6.57 Å². The number of hydrogen-bond acceptors (Lipinski definition) is 5. The third kappa shape index (κ3) is 5.24. The highest BCUT2D eigenvalue weighted by Crippen LogP contribution is 2.33. The number of halogens is 2. The van der Waals surface area contributed by atoms with Gasteiger partial charge in [-0.25, -0.2) is 4.85 Å². The number of fused-ring (bicyclic) bond motifs is 1. The molecule has 0 bridgehead atoms. The molecule has 32 heavy (non-hydrogen) atoms. The molecule has 1 atom stereocenters. The van der Waals surface area contributed by atoms with Crippen LogP contribution in [-0.2, 0) is 6.42 Å². The van der Waals surface area contributed by atoms with Gasteiger partial charge in [0, 0.05) is 42.0 Å². The molecule has 2 N–H and O–H groups in total. The Kier molecular flexibility index (Phi) is 8.14. The zero-order valence-electron chi connectivity index (χ0n) is 18.0. The Bertz CT molecular complexity index is 1130. The van der Waals surface area contributed by atoms with Crippen LogP contribution >= 0.6 is 24.0 Å². The number of benzene rings is 2. The maximum atomic E-state index is 9.59. The van der Waals surface area contributed by atoms with Crippen LogP contribution in [0.2, 0.25) is 5.02 Å². The molecule has 0 saturated carbocycles. The fourth-order valence-corrected chi connectivity index (χ4v) is 4.29. The first-order valence-corrected chi connectivity index (χ1v) is 11.0. The lowest BCUT2D eigenvalue weighted by molar-refractivity contribution is 0.208. The van der Waals surface area contributed by atoms with Crippen molar-refractivity contribution < 1.29 is 5.11 Å². The average Bonchev–Trinajstić information content (AvgIpc) is 2.81. The molecule has 1 aromatic heterocycles. The van der Waals surface area contributed by atoms with Crippen LogP contribution < -0.4 is 10.2 Å². The van der Waals surface area contributed by atoms with Gasteiger partial charge in [0.1, 0.15) is 0 Å². The second-order valence-corrected chi connectivity index (χ2v) is 8.52. The molecule has 1 fully saturated rings. The Morgan fingerprint density at radius 3 is 2.81 bits per heavy atom. The van der Waals surface area contributed by atoms with Crippen LogP contribution in [-0.4, -0.2) is 41.5 Å². The minimum Gasteiger partial charge on any atom is -0.396 e. The monoisotopic (exact) mass is 471 g/mol. The largest absolute Gasteiger partial charge is 0.396 e. The number of aromatic nitrogens is 2. The number of anilines is 2. The Morgan fingerprint density at radius 1 is 1.22 bits per heavy atom. The Hall–Kier alpha value is -2.59. The van der Waals surface area contributed by atoms with E-state index in [0.29, 0.717) is 18.1 Å². The van der Waals surface area contributed by atoms with Crippen molar-refractivity contribution >= 4 is 52.1 Å². The van der Waals surface area contributed by atoms with Crippen molar-refractivity contribution in [1.82, 2.24) is 10.2 Å². The summed E-state index contributed by atoms with van der Waals surface area (Å²) in [4.78, 5) is 5.79. The number of aliphatic hydroxyl groups excluding tert-OH is 1. The molecular weight excluding hydrogens is 445 g/mol. The normalized spacial score (nSPS) is 15.8. The molecule has 0 amide bonds. The summed E-state index contributed by atoms with van der Waals surface area (Å²) in [5.41, 5.74) is 2.80. The van der Waals surface area contributed by atoms with Gasteiger partial charge in [0.2, 0.25) is 0 Å². The molecule has 1 aliphatic rings. The molecule has 0 aliphatic carbocycles. The topological polar surface area (TPSA) is 65.6 Å². The minimum atomic E-state index is 0. The number of nitrogens with zero attached hydrogens (tertiary/aromatic N) is 4. The van der Waals surface area contributed by atoms with Crippen molar-refractivity contribution in [3.8, 4) is 0 Å². The van der Waals surface area contributed by atoms with Gasteiger partial charge in [-0.3, -0.25) is 0 Å². The molecule has 2 aromatic carbocycles. The summed E-state index contributed by atoms with van der Waals surface area (Å²) < 4.78 is 0. The predicted molar refractivity (Wildman–Crippen MR) is 133 cm³/mol. The van der Waals surface area contributed by atoms with E-state index in [2.05, 4.69) is 31.3 Å². The molecule has 168 valence electrons. The first-order chi connectivity index (χ1) is 15.1. The van der Waals surface area contributed by atoms with Crippen LogP contribution in [0, 0.1) is 19.4 Å². The Balaban J connectivity index is 0.00000289. The van der Waals surface area contributed by atoms with Gasteiger partial charge in [-0.05, 0) is 55.4 Å². The second kappa shape index (κ2) is 10.8. The molecule has 4 rings (SSSR count). The van der Waals surface area contributed by atoms with Crippen molar-refractivity contribution in [2.75, 3.05) is 36.5 Å². The fraction of sp³-hybridized carbons (Fsp3) is 0.375. The van der Waals surface area contributed by atoms with Crippen molar-refractivity contribution in [2.24, 2.45) is 5.92 Å². The smallest absolute Gasteiger partial charge is 0.188 e. The Morgan fingerprint density at radius 2 is 2.06 bits per heavy atom. The highest BCUT2D eigenvalue weighted by Gasteiger charge is 2.23. The summed E-state index contributed by atoms with van der Waals surface area (Å²) in [7, 11) is 0. The standard InChI is InChI=1S/C24H26ClN5O.ClH/c1-16-5-6-17(12-22(16)25)9-10-27-23-21-13-19(26-2)7-8-20(21)24(29-28-23)30-11-3-4-18(14-30)15-31;/h5-8,12-13,18,31H,3-4,9-11,14-15H2,1H3,(H,27,28);1H. The molecule has 0 spiro atoms. The lowest BCUT2D eigenvalue weighted by atomic mass is 9.98. The summed E-state index contributed by atoms with van der Waals surface area (Å²) in [6, 6.07) is 11.8. The summed E-state index contributed by atoms with van der Waals surface area (Å²) in [6.45, 7) is 11.9. The number of nitrogens with one attached hydrogen (secondary N) is 1. The van der Waals surface area contributed by atoms with Gasteiger partial charge in [-0.2, -0.15) is 0 Å². The van der Waals surface area contributed by atoms with Gasteiger partial charge in [-0.15, -0.1) is 22.6 Å². The molecule has 1 saturated heterocycles. The summed E-state index contributed by atoms with van der Waals surface area (Å²) in [6.07, 6.45) is 2.86. The van der Waals surface area contributed by atoms with Crippen LogP contribution in [0.3, 0.4) is 0 Å². The maximum Gasteiger partial charge on any atom is 0.188 e. The number of hydrogen-bond donors (Lipinski definition) is 2. The van der Waals surface area contributed by atoms with Crippen molar-refractivity contribution in [2.45, 2.75) is 26.2 Å². The van der Waals surface area contributed by atoms with Crippen molar-refractivity contribution in [3.63, 3.8) is 0 Å². The maximum absolute atomic E-state index is 9.59. The quantitative estimate of drug-likeness (QED) is 0.469. The van der Waals surface area contributed by atoms with E-state index >= 15 is 0 Å². The number of aryl methyl sites for hydroxylation is 1. The molecule has 1 unspecified atom stereocenters. The van der Waals surface area contributed by atoms with Crippen molar-refractivity contribution in [3.05, 3.63) is 64.0 Å².